The molecule has 1 saturated heterocycles. The normalized spacial score (nSPS) is 19.5. The van der Waals surface area contributed by atoms with Crippen LogP contribution in [0.15, 0.2) is 28.7 Å². The van der Waals surface area contributed by atoms with Gasteiger partial charge in [-0.15, -0.1) is 0 Å². The molecule has 0 aromatic heterocycles. The van der Waals surface area contributed by atoms with Gasteiger partial charge in [0.25, 0.3) is 0 Å². The van der Waals surface area contributed by atoms with Gasteiger partial charge in [-0.25, -0.2) is 0 Å². The van der Waals surface area contributed by atoms with Crippen LogP contribution in [0.5, 0.6) is 0 Å². The molecular formula is C13H17BrN2OS. The Bertz CT molecular complexity index is 408. The monoisotopic (exact) mass is 328 g/mol. The predicted molar refractivity (Wildman–Crippen MR) is 79.7 cm³/mol. The maximum Gasteiger partial charge on any atom is 0.221 e. The smallest absolute Gasteiger partial charge is 0.221 e. The molecule has 0 bridgehead atoms. The molecule has 0 spiro atoms. The second-order valence-electron chi connectivity index (χ2n) is 4.30. The van der Waals surface area contributed by atoms with Crippen LogP contribution in [-0.2, 0) is 11.3 Å². The first-order valence-corrected chi connectivity index (χ1v) is 8.01. The summed E-state index contributed by atoms with van der Waals surface area (Å²) in [5, 5.41) is 6.34. The molecule has 0 radical (unpaired) electrons. The summed E-state index contributed by atoms with van der Waals surface area (Å²) in [4.78, 5) is 11.8. The SMILES string of the molecule is O=C(CC1CSCCN1)NCc1ccccc1Br. The van der Waals surface area contributed by atoms with E-state index in [0.29, 0.717) is 19.0 Å². The van der Waals surface area contributed by atoms with E-state index in [4.69, 9.17) is 0 Å². The Hall–Kier alpha value is -0.520. The van der Waals surface area contributed by atoms with Gasteiger partial charge in [-0.2, -0.15) is 11.8 Å². The van der Waals surface area contributed by atoms with E-state index in [-0.39, 0.29) is 5.91 Å². The quantitative estimate of drug-likeness (QED) is 0.889. The summed E-state index contributed by atoms with van der Waals surface area (Å²) in [6.45, 7) is 1.59. The van der Waals surface area contributed by atoms with Crippen molar-refractivity contribution in [2.75, 3.05) is 18.1 Å². The third kappa shape index (κ3) is 4.30. The van der Waals surface area contributed by atoms with E-state index in [0.717, 1.165) is 28.1 Å². The largest absolute Gasteiger partial charge is 0.352 e. The van der Waals surface area contributed by atoms with Crippen LogP contribution in [0, 0.1) is 0 Å². The molecular weight excluding hydrogens is 312 g/mol. The highest BCUT2D eigenvalue weighted by Crippen LogP contribution is 2.15. The molecule has 0 aliphatic carbocycles. The first-order chi connectivity index (χ1) is 8.75. The molecule has 18 heavy (non-hydrogen) atoms. The van der Waals surface area contributed by atoms with Crippen molar-refractivity contribution in [3.8, 4) is 0 Å². The standard InChI is InChI=1S/C13H17BrN2OS/c14-12-4-2-1-3-10(12)8-16-13(17)7-11-9-18-6-5-15-11/h1-4,11,15H,5-9H2,(H,16,17). The lowest BCUT2D eigenvalue weighted by atomic mass is 10.2. The molecule has 0 saturated carbocycles. The van der Waals surface area contributed by atoms with Crippen LogP contribution in [0.25, 0.3) is 0 Å². The molecule has 3 nitrogen and oxygen atoms in total. The summed E-state index contributed by atoms with van der Waals surface area (Å²) >= 11 is 5.39. The summed E-state index contributed by atoms with van der Waals surface area (Å²) in [6, 6.07) is 8.27. The maximum absolute atomic E-state index is 11.8. The van der Waals surface area contributed by atoms with Crippen molar-refractivity contribution in [3.63, 3.8) is 0 Å². The van der Waals surface area contributed by atoms with Crippen molar-refractivity contribution >= 4 is 33.6 Å². The first kappa shape index (κ1) is 13.9. The van der Waals surface area contributed by atoms with E-state index in [9.17, 15) is 4.79 Å². The van der Waals surface area contributed by atoms with Gasteiger partial charge in [0.15, 0.2) is 0 Å². The lowest BCUT2D eigenvalue weighted by Gasteiger charge is -2.22. The van der Waals surface area contributed by atoms with Crippen molar-refractivity contribution < 1.29 is 4.79 Å². The Labute approximate surface area is 120 Å². The Morgan fingerprint density at radius 2 is 2.33 bits per heavy atom. The first-order valence-electron chi connectivity index (χ1n) is 6.07. The average Bonchev–Trinajstić information content (AvgIpc) is 2.39. The Balaban J connectivity index is 1.76. The van der Waals surface area contributed by atoms with E-state index in [1.54, 1.807) is 0 Å². The van der Waals surface area contributed by atoms with Gasteiger partial charge in [0.05, 0.1) is 0 Å². The lowest BCUT2D eigenvalue weighted by molar-refractivity contribution is -0.121. The number of nitrogens with one attached hydrogen (secondary N) is 2. The third-order valence-electron chi connectivity index (χ3n) is 2.86. The van der Waals surface area contributed by atoms with Crippen LogP contribution >= 0.6 is 27.7 Å². The molecule has 1 aliphatic heterocycles. The number of carbonyl (C=O) groups is 1. The van der Waals surface area contributed by atoms with Crippen LogP contribution in [0.2, 0.25) is 0 Å². The number of rotatable bonds is 4. The van der Waals surface area contributed by atoms with Gasteiger partial charge in [0.2, 0.25) is 5.91 Å². The van der Waals surface area contributed by atoms with Crippen molar-refractivity contribution in [2.45, 2.75) is 19.0 Å². The van der Waals surface area contributed by atoms with Gasteiger partial charge in [-0.1, -0.05) is 34.1 Å². The summed E-state index contributed by atoms with van der Waals surface area (Å²) in [5.74, 6) is 2.29. The molecule has 1 aromatic rings. The molecule has 5 heteroatoms. The van der Waals surface area contributed by atoms with E-state index >= 15 is 0 Å². The fourth-order valence-electron chi connectivity index (χ4n) is 1.88. The number of hydrogen-bond donors (Lipinski definition) is 2. The van der Waals surface area contributed by atoms with Gasteiger partial charge in [0.1, 0.15) is 0 Å². The highest BCUT2D eigenvalue weighted by Gasteiger charge is 2.16. The Morgan fingerprint density at radius 3 is 3.06 bits per heavy atom. The highest BCUT2D eigenvalue weighted by atomic mass is 79.9. The van der Waals surface area contributed by atoms with E-state index in [1.807, 2.05) is 36.0 Å². The summed E-state index contributed by atoms with van der Waals surface area (Å²) < 4.78 is 1.04. The number of hydrogen-bond acceptors (Lipinski definition) is 3. The molecule has 2 rings (SSSR count). The number of halogens is 1. The molecule has 1 fully saturated rings. The van der Waals surface area contributed by atoms with Crippen LogP contribution in [0.1, 0.15) is 12.0 Å². The van der Waals surface area contributed by atoms with Crippen molar-refractivity contribution in [1.29, 1.82) is 0 Å². The molecule has 1 atom stereocenters. The maximum atomic E-state index is 11.8. The average molecular weight is 329 g/mol. The zero-order chi connectivity index (χ0) is 12.8. The molecule has 1 amide bonds. The number of benzene rings is 1. The minimum atomic E-state index is 0.116. The molecule has 1 aliphatic rings. The van der Waals surface area contributed by atoms with Gasteiger partial charge in [-0.3, -0.25) is 4.79 Å². The molecule has 98 valence electrons. The van der Waals surface area contributed by atoms with Gasteiger partial charge in [-0.05, 0) is 11.6 Å². The summed E-state index contributed by atoms with van der Waals surface area (Å²) in [7, 11) is 0. The van der Waals surface area contributed by atoms with E-state index in [2.05, 4.69) is 26.6 Å². The zero-order valence-electron chi connectivity index (χ0n) is 10.1. The predicted octanol–water partition coefficient (Wildman–Crippen LogP) is 2.16. The van der Waals surface area contributed by atoms with E-state index < -0.39 is 0 Å². The molecule has 1 heterocycles. The van der Waals surface area contributed by atoms with Gasteiger partial charge < -0.3 is 10.6 Å². The van der Waals surface area contributed by atoms with Crippen molar-refractivity contribution in [2.24, 2.45) is 0 Å². The Morgan fingerprint density at radius 1 is 1.50 bits per heavy atom. The molecule has 1 unspecified atom stereocenters. The second kappa shape index (κ2) is 7.16. The van der Waals surface area contributed by atoms with Crippen LogP contribution < -0.4 is 10.6 Å². The van der Waals surface area contributed by atoms with Crippen molar-refractivity contribution in [1.82, 2.24) is 10.6 Å². The number of thioether (sulfide) groups is 1. The van der Waals surface area contributed by atoms with E-state index in [1.165, 1.54) is 0 Å². The zero-order valence-corrected chi connectivity index (χ0v) is 12.5. The summed E-state index contributed by atoms with van der Waals surface area (Å²) in [6.07, 6.45) is 0.567. The van der Waals surface area contributed by atoms with Crippen LogP contribution in [0.3, 0.4) is 0 Å². The van der Waals surface area contributed by atoms with Gasteiger partial charge >= 0.3 is 0 Å². The fraction of sp³-hybridized carbons (Fsp3) is 0.462. The fourth-order valence-corrected chi connectivity index (χ4v) is 3.26. The summed E-state index contributed by atoms with van der Waals surface area (Å²) in [5.41, 5.74) is 1.11. The van der Waals surface area contributed by atoms with Crippen LogP contribution in [-0.4, -0.2) is 30.0 Å². The van der Waals surface area contributed by atoms with Gasteiger partial charge in [0, 0.05) is 41.5 Å². The minimum absolute atomic E-state index is 0.116. The van der Waals surface area contributed by atoms with Crippen LogP contribution in [0.4, 0.5) is 0 Å². The number of amides is 1. The highest BCUT2D eigenvalue weighted by molar-refractivity contribution is 9.10. The minimum Gasteiger partial charge on any atom is -0.352 e. The Kier molecular flexibility index (Phi) is 5.53. The molecule has 2 N–H and O–H groups in total. The third-order valence-corrected chi connectivity index (χ3v) is 4.77. The lowest BCUT2D eigenvalue weighted by Crippen LogP contribution is -2.41. The second-order valence-corrected chi connectivity index (χ2v) is 6.30. The van der Waals surface area contributed by atoms with Crippen molar-refractivity contribution in [3.05, 3.63) is 34.3 Å². The topological polar surface area (TPSA) is 41.1 Å². The molecule has 1 aromatic carbocycles. The number of carbonyl (C=O) groups excluding carboxylic acids is 1.